The van der Waals surface area contributed by atoms with Crippen LogP contribution in [0, 0.1) is 0 Å². The lowest BCUT2D eigenvalue weighted by Crippen LogP contribution is -2.83. The molecule has 0 atom stereocenters. The average molecular weight is 221 g/mol. The van der Waals surface area contributed by atoms with Gasteiger partial charge in [0.2, 0.25) is 0 Å². The molecule has 72 valence electrons. The van der Waals surface area contributed by atoms with Crippen LogP contribution in [0.1, 0.15) is 5.56 Å². The molecule has 0 unspecified atom stereocenters. The summed E-state index contributed by atoms with van der Waals surface area (Å²) < 4.78 is 0. The molecule has 0 fully saturated rings. The minimum atomic E-state index is 0.179. The predicted molar refractivity (Wildman–Crippen MR) is 54.0 cm³/mol. The molecule has 0 spiro atoms. The summed E-state index contributed by atoms with van der Waals surface area (Å²) in [6, 6.07) is 5.57. The molecule has 0 aromatic heterocycles. The predicted octanol–water partition coefficient (Wildman–Crippen LogP) is 1.05. The Hall–Kier alpha value is -0.280. The van der Waals surface area contributed by atoms with Gasteiger partial charge in [0, 0.05) is 5.56 Å². The Kier molecular flexibility index (Phi) is 4.53. The molecule has 0 heterocycles. The zero-order valence-electron chi connectivity index (χ0n) is 7.13. The minimum Gasteiger partial charge on any atom is -0.391 e. The van der Waals surface area contributed by atoms with Gasteiger partial charge in [-0.15, -0.1) is 0 Å². The fourth-order valence-corrected chi connectivity index (χ4v) is 1.45. The Balaban J connectivity index is 2.61. The van der Waals surface area contributed by atoms with Gasteiger partial charge in [-0.25, -0.2) is 0 Å². The summed E-state index contributed by atoms with van der Waals surface area (Å²) in [5, 5.41) is 11.8. The van der Waals surface area contributed by atoms with E-state index in [2.05, 4.69) is 0 Å². The molecule has 0 saturated carbocycles. The minimum absolute atomic E-state index is 0.179. The molecule has 0 saturated heterocycles. The maximum Gasteiger partial charge on any atom is 0.103 e. The number of aliphatic hydroxyl groups is 1. The molecule has 13 heavy (non-hydrogen) atoms. The first-order chi connectivity index (χ1) is 6.25. The van der Waals surface area contributed by atoms with Crippen LogP contribution in [-0.2, 0) is 6.54 Å². The second-order valence-electron chi connectivity index (χ2n) is 2.72. The third kappa shape index (κ3) is 3.16. The molecule has 3 N–H and O–H groups in total. The lowest BCUT2D eigenvalue weighted by atomic mass is 10.2. The molecule has 2 nitrogen and oxygen atoms in total. The topological polar surface area (TPSA) is 36.8 Å². The van der Waals surface area contributed by atoms with Gasteiger partial charge in [0.1, 0.15) is 6.54 Å². The van der Waals surface area contributed by atoms with Gasteiger partial charge in [0.05, 0.1) is 23.2 Å². The Morgan fingerprint density at radius 2 is 2.08 bits per heavy atom. The standard InChI is InChI=1S/C9H11Cl2NO/c10-8-3-1-2-7(9(8)11)6-12-4-5-13/h1-3,12-13H,4-6H2/p+1. The highest BCUT2D eigenvalue weighted by molar-refractivity contribution is 6.42. The van der Waals surface area contributed by atoms with Crippen LogP contribution in [0.3, 0.4) is 0 Å². The van der Waals surface area contributed by atoms with E-state index in [-0.39, 0.29) is 6.61 Å². The van der Waals surface area contributed by atoms with Crippen molar-refractivity contribution in [2.45, 2.75) is 6.54 Å². The third-order valence-corrected chi connectivity index (χ3v) is 2.59. The van der Waals surface area contributed by atoms with E-state index in [1.807, 2.05) is 17.4 Å². The first-order valence-corrected chi connectivity index (χ1v) is 4.86. The number of nitrogens with two attached hydrogens (primary N) is 1. The van der Waals surface area contributed by atoms with Gasteiger partial charge in [-0.2, -0.15) is 0 Å². The number of hydrogen-bond acceptors (Lipinski definition) is 1. The molecule has 4 heteroatoms. The zero-order chi connectivity index (χ0) is 9.68. The van der Waals surface area contributed by atoms with Crippen molar-refractivity contribution in [3.63, 3.8) is 0 Å². The first-order valence-electron chi connectivity index (χ1n) is 4.11. The maximum absolute atomic E-state index is 8.58. The van der Waals surface area contributed by atoms with Crippen molar-refractivity contribution in [1.29, 1.82) is 0 Å². The number of quaternary nitrogens is 1. The fourth-order valence-electron chi connectivity index (χ4n) is 1.05. The third-order valence-electron chi connectivity index (χ3n) is 1.73. The summed E-state index contributed by atoms with van der Waals surface area (Å²) in [6.45, 7) is 1.61. The molecule has 0 radical (unpaired) electrons. The lowest BCUT2D eigenvalue weighted by Gasteiger charge is -2.03. The van der Waals surface area contributed by atoms with Crippen molar-refractivity contribution in [2.75, 3.05) is 13.2 Å². The summed E-state index contributed by atoms with van der Waals surface area (Å²) in [5.41, 5.74) is 1.00. The molecule has 0 bridgehead atoms. The van der Waals surface area contributed by atoms with Gasteiger partial charge in [-0.05, 0) is 6.07 Å². The second kappa shape index (κ2) is 5.45. The van der Waals surface area contributed by atoms with Crippen molar-refractivity contribution < 1.29 is 10.4 Å². The molecule has 0 aliphatic rings. The molecule has 0 aliphatic carbocycles. The summed E-state index contributed by atoms with van der Waals surface area (Å²) in [4.78, 5) is 0. The van der Waals surface area contributed by atoms with Crippen molar-refractivity contribution in [3.05, 3.63) is 33.8 Å². The van der Waals surface area contributed by atoms with Crippen molar-refractivity contribution in [3.8, 4) is 0 Å². The van der Waals surface area contributed by atoms with Crippen LogP contribution >= 0.6 is 23.2 Å². The Morgan fingerprint density at radius 1 is 1.31 bits per heavy atom. The number of halogens is 2. The van der Waals surface area contributed by atoms with Crippen LogP contribution in [0.25, 0.3) is 0 Å². The maximum atomic E-state index is 8.58. The van der Waals surface area contributed by atoms with E-state index < -0.39 is 0 Å². The average Bonchev–Trinajstić information content (AvgIpc) is 2.13. The number of hydrogen-bond donors (Lipinski definition) is 2. The number of rotatable bonds is 4. The molecule has 0 aliphatic heterocycles. The molecular formula is C9H12Cl2NO+. The van der Waals surface area contributed by atoms with E-state index in [4.69, 9.17) is 28.3 Å². The highest BCUT2D eigenvalue weighted by Crippen LogP contribution is 2.24. The van der Waals surface area contributed by atoms with E-state index >= 15 is 0 Å². The largest absolute Gasteiger partial charge is 0.391 e. The van der Waals surface area contributed by atoms with E-state index in [1.165, 1.54) is 0 Å². The van der Waals surface area contributed by atoms with Crippen LogP contribution in [0.15, 0.2) is 18.2 Å². The SMILES string of the molecule is OCC[NH2+]Cc1cccc(Cl)c1Cl. The number of benzene rings is 1. The van der Waals surface area contributed by atoms with Gasteiger partial charge >= 0.3 is 0 Å². The lowest BCUT2D eigenvalue weighted by molar-refractivity contribution is -0.671. The summed E-state index contributed by atoms with van der Waals surface area (Å²) >= 11 is 11.8. The van der Waals surface area contributed by atoms with Crippen molar-refractivity contribution >= 4 is 23.2 Å². The van der Waals surface area contributed by atoms with Crippen LogP contribution in [0.4, 0.5) is 0 Å². The number of aliphatic hydroxyl groups excluding tert-OH is 1. The monoisotopic (exact) mass is 220 g/mol. The van der Waals surface area contributed by atoms with Crippen molar-refractivity contribution in [1.82, 2.24) is 0 Å². The van der Waals surface area contributed by atoms with Gasteiger partial charge < -0.3 is 10.4 Å². The summed E-state index contributed by atoms with van der Waals surface area (Å²) in [7, 11) is 0. The molecule has 0 amide bonds. The van der Waals surface area contributed by atoms with Gasteiger partial charge in [-0.3, -0.25) is 0 Å². The van der Waals surface area contributed by atoms with E-state index in [9.17, 15) is 0 Å². The first kappa shape index (κ1) is 10.8. The second-order valence-corrected chi connectivity index (χ2v) is 3.50. The van der Waals surface area contributed by atoms with Crippen LogP contribution in [-0.4, -0.2) is 18.3 Å². The van der Waals surface area contributed by atoms with Gasteiger partial charge in [0.25, 0.3) is 0 Å². The van der Waals surface area contributed by atoms with Gasteiger partial charge in [-0.1, -0.05) is 35.3 Å². The van der Waals surface area contributed by atoms with E-state index in [0.717, 1.165) is 12.1 Å². The summed E-state index contributed by atoms with van der Waals surface area (Å²) in [5.74, 6) is 0. The van der Waals surface area contributed by atoms with E-state index in [0.29, 0.717) is 16.6 Å². The molecule has 1 aromatic rings. The quantitative estimate of drug-likeness (QED) is 0.732. The van der Waals surface area contributed by atoms with Gasteiger partial charge in [0.15, 0.2) is 0 Å². The molecule has 1 rings (SSSR count). The summed E-state index contributed by atoms with van der Waals surface area (Å²) in [6.07, 6.45) is 0. The Bertz CT molecular complexity index is 278. The Morgan fingerprint density at radius 3 is 2.77 bits per heavy atom. The van der Waals surface area contributed by atoms with E-state index in [1.54, 1.807) is 6.07 Å². The van der Waals surface area contributed by atoms with Crippen LogP contribution in [0.5, 0.6) is 0 Å². The molecular weight excluding hydrogens is 209 g/mol. The molecule has 1 aromatic carbocycles. The fraction of sp³-hybridized carbons (Fsp3) is 0.333. The van der Waals surface area contributed by atoms with Crippen molar-refractivity contribution in [2.24, 2.45) is 0 Å². The normalized spacial score (nSPS) is 10.4. The zero-order valence-corrected chi connectivity index (χ0v) is 8.65. The highest BCUT2D eigenvalue weighted by Gasteiger charge is 2.04. The van der Waals surface area contributed by atoms with Crippen LogP contribution in [0.2, 0.25) is 10.0 Å². The Labute approximate surface area is 87.5 Å². The highest BCUT2D eigenvalue weighted by atomic mass is 35.5. The smallest absolute Gasteiger partial charge is 0.103 e. The van der Waals surface area contributed by atoms with Crippen LogP contribution < -0.4 is 5.32 Å².